The molecule has 0 saturated heterocycles. The van der Waals surface area contributed by atoms with Gasteiger partial charge in [0.2, 0.25) is 10.0 Å². The van der Waals surface area contributed by atoms with Gasteiger partial charge in [0.05, 0.1) is 11.4 Å². The fourth-order valence-corrected chi connectivity index (χ4v) is 1.90. The Hall–Kier alpha value is -1.03. The summed E-state index contributed by atoms with van der Waals surface area (Å²) < 4.78 is 26.1. The zero-order valence-corrected chi connectivity index (χ0v) is 11.2. The molecule has 18 heavy (non-hydrogen) atoms. The van der Waals surface area contributed by atoms with E-state index in [0.717, 1.165) is 5.69 Å². The van der Waals surface area contributed by atoms with E-state index in [2.05, 4.69) is 20.4 Å². The molecule has 0 fully saturated rings. The Kier molecular flexibility index (Phi) is 6.19. The minimum Gasteiger partial charge on any atom is -0.396 e. The SMILES string of the molecule is CNS(=O)(=O)CCNCc1cn(CCCO)nn1. The van der Waals surface area contributed by atoms with Gasteiger partial charge in [-0.3, -0.25) is 4.68 Å². The number of hydrogen-bond acceptors (Lipinski definition) is 6. The normalized spacial score (nSPS) is 11.9. The lowest BCUT2D eigenvalue weighted by molar-refractivity contribution is 0.276. The Bertz CT molecular complexity index is 445. The molecule has 3 N–H and O–H groups in total. The molecule has 104 valence electrons. The van der Waals surface area contributed by atoms with Gasteiger partial charge in [-0.1, -0.05) is 5.21 Å². The third-order valence-corrected chi connectivity index (χ3v) is 3.66. The maximum atomic E-state index is 11.1. The molecule has 0 atom stereocenters. The molecule has 0 spiro atoms. The van der Waals surface area contributed by atoms with E-state index in [0.29, 0.717) is 26.1 Å². The summed E-state index contributed by atoms with van der Waals surface area (Å²) >= 11 is 0. The maximum Gasteiger partial charge on any atom is 0.212 e. The number of aliphatic hydroxyl groups excluding tert-OH is 1. The molecule has 0 aliphatic rings. The monoisotopic (exact) mass is 277 g/mol. The number of aromatic nitrogens is 3. The largest absolute Gasteiger partial charge is 0.396 e. The molecule has 0 aliphatic carbocycles. The first-order valence-electron chi connectivity index (χ1n) is 5.69. The minimum atomic E-state index is -3.16. The molecule has 1 aromatic rings. The number of hydrogen-bond donors (Lipinski definition) is 3. The van der Waals surface area contributed by atoms with E-state index in [1.165, 1.54) is 7.05 Å². The van der Waals surface area contributed by atoms with Crippen molar-refractivity contribution in [3.63, 3.8) is 0 Å². The number of rotatable bonds is 9. The van der Waals surface area contributed by atoms with Gasteiger partial charge >= 0.3 is 0 Å². The van der Waals surface area contributed by atoms with Crippen LogP contribution in [0, 0.1) is 0 Å². The predicted octanol–water partition coefficient (Wildman–Crippen LogP) is -1.70. The van der Waals surface area contributed by atoms with E-state index < -0.39 is 10.0 Å². The molecule has 0 bridgehead atoms. The molecule has 1 aromatic heterocycles. The van der Waals surface area contributed by atoms with Gasteiger partial charge in [0.15, 0.2) is 0 Å². The third kappa shape index (κ3) is 5.54. The summed E-state index contributed by atoms with van der Waals surface area (Å²) in [7, 11) is -1.77. The molecule has 0 unspecified atom stereocenters. The molecule has 9 heteroatoms. The average Bonchev–Trinajstić information content (AvgIpc) is 2.80. The second kappa shape index (κ2) is 7.41. The van der Waals surface area contributed by atoms with Crippen molar-refractivity contribution in [2.45, 2.75) is 19.5 Å². The molecular weight excluding hydrogens is 258 g/mol. The van der Waals surface area contributed by atoms with Crippen LogP contribution in [-0.2, 0) is 23.1 Å². The first kappa shape index (κ1) is 15.0. The Labute approximate surface area is 106 Å². The standard InChI is InChI=1S/C9H19N5O3S/c1-10-18(16,17)6-3-11-7-9-8-14(13-12-9)4-2-5-15/h8,10-11,15H,2-7H2,1H3. The number of aryl methyl sites for hydroxylation is 1. The van der Waals surface area contributed by atoms with Gasteiger partial charge in [-0.2, -0.15) is 0 Å². The quantitative estimate of drug-likeness (QED) is 0.464. The number of nitrogens with zero attached hydrogens (tertiary/aromatic N) is 3. The fraction of sp³-hybridized carbons (Fsp3) is 0.778. The lowest BCUT2D eigenvalue weighted by Crippen LogP contribution is -2.29. The smallest absolute Gasteiger partial charge is 0.212 e. The van der Waals surface area contributed by atoms with Gasteiger partial charge < -0.3 is 10.4 Å². The van der Waals surface area contributed by atoms with Crippen molar-refractivity contribution in [3.8, 4) is 0 Å². The van der Waals surface area contributed by atoms with Crippen LogP contribution in [0.4, 0.5) is 0 Å². The van der Waals surface area contributed by atoms with Gasteiger partial charge in [-0.15, -0.1) is 5.10 Å². The molecule has 0 aliphatic heterocycles. The van der Waals surface area contributed by atoms with Crippen LogP contribution in [0.1, 0.15) is 12.1 Å². The van der Waals surface area contributed by atoms with Gasteiger partial charge in [0.1, 0.15) is 0 Å². The number of sulfonamides is 1. The maximum absolute atomic E-state index is 11.1. The summed E-state index contributed by atoms with van der Waals surface area (Å²) in [6.45, 7) is 1.57. The first-order chi connectivity index (χ1) is 8.57. The molecule has 1 rings (SSSR count). The Morgan fingerprint density at radius 1 is 1.50 bits per heavy atom. The molecule has 0 radical (unpaired) electrons. The molecule has 0 saturated carbocycles. The Balaban J connectivity index is 2.25. The van der Waals surface area contributed by atoms with Crippen LogP contribution in [0.5, 0.6) is 0 Å². The zero-order valence-electron chi connectivity index (χ0n) is 10.3. The fourth-order valence-electron chi connectivity index (χ4n) is 1.29. The average molecular weight is 277 g/mol. The molecule has 0 aromatic carbocycles. The van der Waals surface area contributed by atoms with Crippen molar-refractivity contribution in [3.05, 3.63) is 11.9 Å². The van der Waals surface area contributed by atoms with E-state index in [1.807, 2.05) is 0 Å². The van der Waals surface area contributed by atoms with E-state index in [9.17, 15) is 8.42 Å². The van der Waals surface area contributed by atoms with Crippen LogP contribution in [0.25, 0.3) is 0 Å². The topological polar surface area (TPSA) is 109 Å². The zero-order chi connectivity index (χ0) is 13.4. The molecule has 8 nitrogen and oxygen atoms in total. The lowest BCUT2D eigenvalue weighted by atomic mass is 10.4. The predicted molar refractivity (Wildman–Crippen MR) is 66.3 cm³/mol. The second-order valence-electron chi connectivity index (χ2n) is 3.75. The van der Waals surface area contributed by atoms with Gasteiger partial charge in [-0.05, 0) is 13.5 Å². The van der Waals surface area contributed by atoms with Crippen molar-refractivity contribution in [1.29, 1.82) is 0 Å². The summed E-state index contributed by atoms with van der Waals surface area (Å²) in [5, 5.41) is 19.5. The summed E-state index contributed by atoms with van der Waals surface area (Å²) in [4.78, 5) is 0. The lowest BCUT2D eigenvalue weighted by Gasteiger charge is -2.02. The second-order valence-corrected chi connectivity index (χ2v) is 5.80. The highest BCUT2D eigenvalue weighted by Crippen LogP contribution is 1.94. The summed E-state index contributed by atoms with van der Waals surface area (Å²) in [5.74, 6) is 0.0299. The third-order valence-electron chi connectivity index (χ3n) is 2.30. The van der Waals surface area contributed by atoms with Crippen molar-refractivity contribution in [2.75, 3.05) is 26.0 Å². The van der Waals surface area contributed by atoms with Crippen molar-refractivity contribution in [2.24, 2.45) is 0 Å². The van der Waals surface area contributed by atoms with Crippen LogP contribution in [0.2, 0.25) is 0 Å². The number of aliphatic hydroxyl groups is 1. The summed E-state index contributed by atoms with van der Waals surface area (Å²) in [6.07, 6.45) is 2.41. The first-order valence-corrected chi connectivity index (χ1v) is 7.34. The summed E-state index contributed by atoms with van der Waals surface area (Å²) in [6, 6.07) is 0. The molecule has 1 heterocycles. The highest BCUT2D eigenvalue weighted by atomic mass is 32.2. The van der Waals surface area contributed by atoms with Crippen LogP contribution in [0.15, 0.2) is 6.20 Å². The Morgan fingerprint density at radius 3 is 2.94 bits per heavy atom. The van der Waals surface area contributed by atoms with Crippen molar-refractivity contribution < 1.29 is 13.5 Å². The highest BCUT2D eigenvalue weighted by molar-refractivity contribution is 7.89. The van der Waals surface area contributed by atoms with Crippen LogP contribution < -0.4 is 10.0 Å². The van der Waals surface area contributed by atoms with E-state index >= 15 is 0 Å². The van der Waals surface area contributed by atoms with Crippen LogP contribution in [0.3, 0.4) is 0 Å². The van der Waals surface area contributed by atoms with E-state index in [-0.39, 0.29) is 12.4 Å². The van der Waals surface area contributed by atoms with E-state index in [4.69, 9.17) is 5.11 Å². The van der Waals surface area contributed by atoms with Crippen molar-refractivity contribution in [1.82, 2.24) is 25.0 Å². The van der Waals surface area contributed by atoms with Gasteiger partial charge in [0, 0.05) is 32.4 Å². The van der Waals surface area contributed by atoms with Crippen molar-refractivity contribution >= 4 is 10.0 Å². The summed E-state index contributed by atoms with van der Waals surface area (Å²) in [5.41, 5.74) is 0.745. The van der Waals surface area contributed by atoms with Gasteiger partial charge in [0.25, 0.3) is 0 Å². The number of nitrogens with one attached hydrogen (secondary N) is 2. The Morgan fingerprint density at radius 2 is 2.28 bits per heavy atom. The van der Waals surface area contributed by atoms with E-state index in [1.54, 1.807) is 10.9 Å². The molecular formula is C9H19N5O3S. The highest BCUT2D eigenvalue weighted by Gasteiger charge is 2.06. The van der Waals surface area contributed by atoms with Crippen LogP contribution >= 0.6 is 0 Å². The molecule has 0 amide bonds. The minimum absolute atomic E-state index is 0.0299. The van der Waals surface area contributed by atoms with Crippen LogP contribution in [-0.4, -0.2) is 54.5 Å². The van der Waals surface area contributed by atoms with Gasteiger partial charge in [-0.25, -0.2) is 13.1 Å².